The van der Waals surface area contributed by atoms with Crippen molar-refractivity contribution in [3.8, 4) is 5.75 Å². The van der Waals surface area contributed by atoms with Crippen LogP contribution in [-0.2, 0) is 28.7 Å². The number of phenolic OH excluding ortho intramolecular Hbond substituents is 1. The fourth-order valence-corrected chi connectivity index (χ4v) is 4.34. The highest BCUT2D eigenvalue weighted by molar-refractivity contribution is 6.00. The zero-order chi connectivity index (χ0) is 30.6. The summed E-state index contributed by atoms with van der Waals surface area (Å²) >= 11 is 0. The first kappa shape index (κ1) is 32.2. The van der Waals surface area contributed by atoms with Gasteiger partial charge < -0.3 is 31.1 Å². The Morgan fingerprint density at radius 2 is 1.98 bits per heavy atom. The maximum atomic E-state index is 12.5. The van der Waals surface area contributed by atoms with E-state index in [1.807, 2.05) is 0 Å². The van der Waals surface area contributed by atoms with Gasteiger partial charge in [0.2, 0.25) is 29.5 Å². The Bertz CT molecular complexity index is 1180. The molecule has 0 aliphatic carbocycles. The van der Waals surface area contributed by atoms with Crippen molar-refractivity contribution in [3.63, 3.8) is 0 Å². The van der Waals surface area contributed by atoms with Gasteiger partial charge in [0.15, 0.2) is 6.04 Å². The third-order valence-electron chi connectivity index (χ3n) is 6.72. The second-order valence-corrected chi connectivity index (χ2v) is 9.76. The van der Waals surface area contributed by atoms with Crippen molar-refractivity contribution >= 4 is 35.4 Å². The van der Waals surface area contributed by atoms with E-state index in [-0.39, 0.29) is 63.7 Å². The van der Waals surface area contributed by atoms with Crippen molar-refractivity contribution in [1.29, 1.82) is 0 Å². The van der Waals surface area contributed by atoms with Crippen molar-refractivity contribution in [2.75, 3.05) is 39.8 Å². The molecule has 16 heteroatoms. The summed E-state index contributed by atoms with van der Waals surface area (Å²) in [6.45, 7) is -0.319. The average Bonchev–Trinajstić information content (AvgIpc) is 3.46. The van der Waals surface area contributed by atoms with Crippen LogP contribution in [0.5, 0.6) is 5.75 Å². The zero-order valence-electron chi connectivity index (χ0n) is 23.2. The number of nitrogens with one attached hydrogen (secondary N) is 4. The molecule has 1 fully saturated rings. The summed E-state index contributed by atoms with van der Waals surface area (Å²) < 4.78 is 5.39. The zero-order valence-corrected chi connectivity index (χ0v) is 23.2. The number of aliphatic imine (C=N–C) groups is 1. The number of hydroxylamine groups is 4. The number of carbonyl (C=O) groups excluding carboxylic acids is 5. The van der Waals surface area contributed by atoms with Crippen LogP contribution >= 0.6 is 0 Å². The van der Waals surface area contributed by atoms with Crippen LogP contribution in [-0.4, -0.2) is 119 Å². The van der Waals surface area contributed by atoms with Crippen LogP contribution in [0.4, 0.5) is 0 Å². The van der Waals surface area contributed by atoms with Crippen molar-refractivity contribution in [1.82, 2.24) is 31.4 Å². The number of hydrogen-bond acceptors (Lipinski definition) is 11. The van der Waals surface area contributed by atoms with Crippen molar-refractivity contribution in [3.05, 3.63) is 29.8 Å². The summed E-state index contributed by atoms with van der Waals surface area (Å²) in [6.07, 6.45) is 1.31. The SMILES string of the molecule is CN[C@H](CCCN(O)C(=O)CCNC(=O)CNC(=O)[C@@H]1COC(c2ccccc2O)=N1)C(=O)N[C@@H]1CCCN(O)C1=O. The van der Waals surface area contributed by atoms with Crippen LogP contribution in [0.3, 0.4) is 0 Å². The van der Waals surface area contributed by atoms with E-state index >= 15 is 0 Å². The Labute approximate surface area is 242 Å². The van der Waals surface area contributed by atoms with E-state index in [2.05, 4.69) is 26.3 Å². The third kappa shape index (κ3) is 9.12. The van der Waals surface area contributed by atoms with E-state index in [0.29, 0.717) is 28.5 Å². The van der Waals surface area contributed by atoms with E-state index in [1.54, 1.807) is 25.2 Å². The van der Waals surface area contributed by atoms with E-state index in [4.69, 9.17) is 4.74 Å². The number of nitrogens with zero attached hydrogens (tertiary/aromatic N) is 3. The molecular formula is C26H37N7O9. The van der Waals surface area contributed by atoms with Gasteiger partial charge in [-0.1, -0.05) is 12.1 Å². The molecule has 7 N–H and O–H groups in total. The molecular weight excluding hydrogens is 554 g/mol. The highest BCUT2D eigenvalue weighted by Crippen LogP contribution is 2.21. The Kier molecular flexibility index (Phi) is 12.0. The molecule has 0 saturated carbocycles. The maximum Gasteiger partial charge on any atom is 0.268 e. The molecule has 0 aromatic heterocycles. The van der Waals surface area contributed by atoms with Gasteiger partial charge in [-0.2, -0.15) is 0 Å². The molecule has 2 heterocycles. The average molecular weight is 592 g/mol. The van der Waals surface area contributed by atoms with Crippen LogP contribution in [0, 0.1) is 0 Å². The first-order valence-corrected chi connectivity index (χ1v) is 13.6. The number of hydrogen-bond donors (Lipinski definition) is 7. The van der Waals surface area contributed by atoms with Crippen LogP contribution in [0.1, 0.15) is 37.7 Å². The van der Waals surface area contributed by atoms with Crippen LogP contribution < -0.4 is 21.3 Å². The third-order valence-corrected chi connectivity index (χ3v) is 6.72. The quantitative estimate of drug-likeness (QED) is 0.0954. The molecule has 1 aromatic carbocycles. The number of rotatable bonds is 14. The largest absolute Gasteiger partial charge is 0.507 e. The second-order valence-electron chi connectivity index (χ2n) is 9.76. The number of aromatic hydroxyl groups is 1. The van der Waals surface area contributed by atoms with Crippen molar-refractivity contribution in [2.45, 2.75) is 50.2 Å². The Hall–Kier alpha value is -4.28. The molecule has 0 unspecified atom stereocenters. The number of piperidine rings is 1. The van der Waals surface area contributed by atoms with Crippen LogP contribution in [0.2, 0.25) is 0 Å². The van der Waals surface area contributed by atoms with E-state index < -0.39 is 47.7 Å². The smallest absolute Gasteiger partial charge is 0.268 e. The standard InChI is InChI=1S/C26H37N7O9/c1-27-17(24(38)30-18-8-5-13-33(41)26(18)39)7-4-12-32(40)22(36)10-11-28-21(35)14-29-23(37)19-15-42-25(31-19)16-6-2-3-9-20(16)34/h2-3,6,9,17-19,27,34,40-41H,4-5,7-8,10-15H2,1H3,(H,28,35)(H,29,37)(H,30,38)/t17-,18-,19+/m1/s1. The predicted octanol–water partition coefficient (Wildman–Crippen LogP) is -1.76. The highest BCUT2D eigenvalue weighted by atomic mass is 16.5. The maximum absolute atomic E-state index is 12.5. The molecule has 230 valence electrons. The predicted molar refractivity (Wildman–Crippen MR) is 145 cm³/mol. The molecule has 0 radical (unpaired) electrons. The lowest BCUT2D eigenvalue weighted by atomic mass is 10.0. The van der Waals surface area contributed by atoms with Gasteiger partial charge in [0.05, 0.1) is 18.2 Å². The topological polar surface area (TPSA) is 222 Å². The summed E-state index contributed by atoms with van der Waals surface area (Å²) in [4.78, 5) is 65.2. The van der Waals surface area contributed by atoms with Gasteiger partial charge in [-0.15, -0.1) is 0 Å². The van der Waals surface area contributed by atoms with Gasteiger partial charge >= 0.3 is 0 Å². The number of phenols is 1. The van der Waals surface area contributed by atoms with Crippen molar-refractivity contribution in [2.24, 2.45) is 4.99 Å². The lowest BCUT2D eigenvalue weighted by Gasteiger charge is -2.29. The highest BCUT2D eigenvalue weighted by Gasteiger charge is 2.31. The minimum Gasteiger partial charge on any atom is -0.507 e. The molecule has 42 heavy (non-hydrogen) atoms. The van der Waals surface area contributed by atoms with Gasteiger partial charge in [0, 0.05) is 26.1 Å². The number of amides is 5. The molecule has 3 rings (SSSR count). The fourth-order valence-electron chi connectivity index (χ4n) is 4.34. The number of carbonyl (C=O) groups is 5. The minimum atomic E-state index is -0.883. The lowest BCUT2D eigenvalue weighted by molar-refractivity contribution is -0.173. The first-order valence-electron chi connectivity index (χ1n) is 13.6. The number of para-hydroxylation sites is 1. The first-order chi connectivity index (χ1) is 20.1. The number of benzene rings is 1. The Morgan fingerprint density at radius 1 is 1.21 bits per heavy atom. The molecule has 2 aliphatic rings. The lowest BCUT2D eigenvalue weighted by Crippen LogP contribution is -2.54. The molecule has 3 atom stereocenters. The van der Waals surface area contributed by atoms with Crippen molar-refractivity contribution < 1.29 is 44.2 Å². The molecule has 5 amide bonds. The monoisotopic (exact) mass is 591 g/mol. The molecule has 2 aliphatic heterocycles. The fraction of sp³-hybridized carbons (Fsp3) is 0.538. The summed E-state index contributed by atoms with van der Waals surface area (Å²) in [5.41, 5.74) is 0.355. The van der Waals surface area contributed by atoms with E-state index in [0.717, 1.165) is 0 Å². The summed E-state index contributed by atoms with van der Waals surface area (Å²) in [5, 5.41) is 40.9. The molecule has 0 bridgehead atoms. The summed E-state index contributed by atoms with van der Waals surface area (Å²) in [6, 6.07) is 4.03. The normalized spacial score (nSPS) is 18.9. The second kappa shape index (κ2) is 15.6. The molecule has 1 aromatic rings. The van der Waals surface area contributed by atoms with Gasteiger partial charge in [-0.25, -0.2) is 15.1 Å². The minimum absolute atomic E-state index is 0.0355. The molecule has 1 saturated heterocycles. The van der Waals surface area contributed by atoms with Crippen LogP contribution in [0.25, 0.3) is 0 Å². The molecule has 0 spiro atoms. The van der Waals surface area contributed by atoms with E-state index in [1.165, 1.54) is 6.07 Å². The summed E-state index contributed by atoms with van der Waals surface area (Å²) in [5.74, 6) is -2.63. The summed E-state index contributed by atoms with van der Waals surface area (Å²) in [7, 11) is 1.57. The van der Waals surface area contributed by atoms with E-state index in [9.17, 15) is 39.5 Å². The van der Waals surface area contributed by atoms with Gasteiger partial charge in [0.25, 0.3) is 5.91 Å². The number of ether oxygens (including phenoxy) is 1. The number of likely N-dealkylation sites (N-methyl/N-ethyl adjacent to an activating group) is 1. The van der Waals surface area contributed by atoms with Gasteiger partial charge in [-0.3, -0.25) is 34.4 Å². The van der Waals surface area contributed by atoms with Crippen LogP contribution in [0.15, 0.2) is 29.3 Å². The Balaban J connectivity index is 1.30. The molecule has 16 nitrogen and oxygen atoms in total. The Morgan fingerprint density at radius 3 is 2.71 bits per heavy atom. The van der Waals surface area contributed by atoms with Gasteiger partial charge in [-0.05, 0) is 44.9 Å². The van der Waals surface area contributed by atoms with Gasteiger partial charge in [0.1, 0.15) is 18.4 Å².